The summed E-state index contributed by atoms with van der Waals surface area (Å²) in [6.45, 7) is 9.48. The molecule has 0 aliphatic rings. The molecule has 19 heteroatoms. The van der Waals surface area contributed by atoms with Gasteiger partial charge >= 0.3 is 39.5 Å². The van der Waals surface area contributed by atoms with Crippen molar-refractivity contribution in [2.45, 2.75) is 368 Å². The van der Waals surface area contributed by atoms with E-state index in [1.54, 1.807) is 0 Å². The molecular weight excluding hydrogens is 1160 g/mol. The number of ether oxygens (including phenoxy) is 4. The summed E-state index contributed by atoms with van der Waals surface area (Å²) in [7, 11) is -9.89. The van der Waals surface area contributed by atoms with Gasteiger partial charge in [0.1, 0.15) is 19.3 Å². The van der Waals surface area contributed by atoms with E-state index in [0.717, 1.165) is 115 Å². The smallest absolute Gasteiger partial charge is 0.462 e. The standard InChI is InChI=1S/C69H134O17P2/c1-7-9-11-13-15-26-35-41-47-53-68(73)85-64(57-79-66(71)51-45-39-31-14-12-10-8-2)59-83-87(75,76)81-55-63(70)56-82-88(77,78)84-60-65(58-80-67(72)52-46-40-34-30-29-33-38-44-50-62(5)6)86-69(74)54-48-42-36-28-25-23-21-19-17-16-18-20-22-24-27-32-37-43-49-61(3)4/h61-65,70H,7-60H2,1-6H3,(H,75,76)(H,77,78)/t63-,64+,65+/m0/s1. The molecule has 0 saturated heterocycles. The molecule has 0 bridgehead atoms. The molecule has 2 unspecified atom stereocenters. The van der Waals surface area contributed by atoms with Crippen molar-refractivity contribution in [1.29, 1.82) is 0 Å². The number of aliphatic hydroxyl groups excluding tert-OH is 1. The van der Waals surface area contributed by atoms with E-state index in [-0.39, 0.29) is 25.7 Å². The van der Waals surface area contributed by atoms with Gasteiger partial charge in [-0.15, -0.1) is 0 Å². The van der Waals surface area contributed by atoms with Crippen LogP contribution in [0.3, 0.4) is 0 Å². The largest absolute Gasteiger partial charge is 0.472 e. The molecule has 0 spiro atoms. The average molecular weight is 1300 g/mol. The van der Waals surface area contributed by atoms with Crippen LogP contribution in [0.15, 0.2) is 0 Å². The van der Waals surface area contributed by atoms with Gasteiger partial charge in [0.25, 0.3) is 0 Å². The Bertz CT molecular complexity index is 1720. The second kappa shape index (κ2) is 61.3. The SMILES string of the molecule is CCCCCCCCCCCC(=O)O[C@H](COC(=O)CCCCCCCCC)COP(=O)(O)OC[C@H](O)COP(=O)(O)OC[C@@H](COC(=O)CCCCCCCCCCC(C)C)OC(=O)CCCCCCCCCCCCCCCCCCCCC(C)C. The number of esters is 4. The summed E-state index contributed by atoms with van der Waals surface area (Å²) in [5.41, 5.74) is 0. The molecule has 0 aliphatic heterocycles. The molecule has 522 valence electrons. The lowest BCUT2D eigenvalue weighted by atomic mass is 10.0. The lowest BCUT2D eigenvalue weighted by Crippen LogP contribution is -2.30. The van der Waals surface area contributed by atoms with E-state index in [0.29, 0.717) is 25.7 Å². The summed E-state index contributed by atoms with van der Waals surface area (Å²) >= 11 is 0. The highest BCUT2D eigenvalue weighted by atomic mass is 31.2. The van der Waals surface area contributed by atoms with Gasteiger partial charge in [0.05, 0.1) is 26.4 Å². The minimum atomic E-state index is -4.95. The highest BCUT2D eigenvalue weighted by molar-refractivity contribution is 7.47. The summed E-state index contributed by atoms with van der Waals surface area (Å²) in [6.07, 6.45) is 46.1. The zero-order valence-electron chi connectivity index (χ0n) is 57.0. The van der Waals surface area contributed by atoms with Crippen LogP contribution in [0.5, 0.6) is 0 Å². The predicted octanol–water partition coefficient (Wildman–Crippen LogP) is 19.6. The van der Waals surface area contributed by atoms with Gasteiger partial charge in [0.2, 0.25) is 0 Å². The van der Waals surface area contributed by atoms with Crippen LogP contribution in [0.4, 0.5) is 0 Å². The highest BCUT2D eigenvalue weighted by Gasteiger charge is 2.30. The normalized spacial score (nSPS) is 14.2. The Kier molecular flexibility index (Phi) is 59.9. The van der Waals surface area contributed by atoms with E-state index in [1.807, 2.05) is 0 Å². The van der Waals surface area contributed by atoms with Crippen LogP contribution in [-0.2, 0) is 65.4 Å². The molecule has 0 aromatic rings. The molecule has 0 saturated carbocycles. The number of hydrogen-bond donors (Lipinski definition) is 3. The minimum absolute atomic E-state index is 0.105. The van der Waals surface area contributed by atoms with E-state index >= 15 is 0 Å². The van der Waals surface area contributed by atoms with Gasteiger partial charge in [-0.1, -0.05) is 298 Å². The van der Waals surface area contributed by atoms with Crippen molar-refractivity contribution in [3.8, 4) is 0 Å². The van der Waals surface area contributed by atoms with Gasteiger partial charge in [-0.3, -0.25) is 37.3 Å². The lowest BCUT2D eigenvalue weighted by molar-refractivity contribution is -0.161. The van der Waals surface area contributed by atoms with E-state index in [2.05, 4.69) is 41.5 Å². The van der Waals surface area contributed by atoms with Gasteiger partial charge < -0.3 is 33.8 Å². The fraction of sp³-hybridized carbons (Fsp3) is 0.942. The summed E-state index contributed by atoms with van der Waals surface area (Å²) in [5, 5.41) is 10.5. The number of aliphatic hydroxyl groups is 1. The quantitative estimate of drug-likeness (QED) is 0.0222. The maximum Gasteiger partial charge on any atom is 0.472 e. The molecular formula is C69H134O17P2. The van der Waals surface area contributed by atoms with Crippen LogP contribution in [0.1, 0.15) is 350 Å². The Morgan fingerprint density at radius 2 is 0.523 bits per heavy atom. The van der Waals surface area contributed by atoms with Gasteiger partial charge in [-0.25, -0.2) is 9.13 Å². The van der Waals surface area contributed by atoms with Crippen molar-refractivity contribution in [1.82, 2.24) is 0 Å². The summed E-state index contributed by atoms with van der Waals surface area (Å²) in [5.74, 6) is -0.587. The number of hydrogen-bond acceptors (Lipinski definition) is 15. The van der Waals surface area contributed by atoms with Gasteiger partial charge in [-0.2, -0.15) is 0 Å². The number of phosphoric ester groups is 2. The van der Waals surface area contributed by atoms with Crippen molar-refractivity contribution in [3.63, 3.8) is 0 Å². The Morgan fingerprint density at radius 3 is 0.773 bits per heavy atom. The van der Waals surface area contributed by atoms with Crippen LogP contribution in [-0.4, -0.2) is 96.7 Å². The van der Waals surface area contributed by atoms with Gasteiger partial charge in [0, 0.05) is 25.7 Å². The third-order valence-corrected chi connectivity index (χ3v) is 17.9. The van der Waals surface area contributed by atoms with Crippen molar-refractivity contribution in [2.75, 3.05) is 39.6 Å². The molecule has 0 aromatic carbocycles. The molecule has 0 radical (unpaired) electrons. The van der Waals surface area contributed by atoms with Crippen LogP contribution >= 0.6 is 15.6 Å². The highest BCUT2D eigenvalue weighted by Crippen LogP contribution is 2.45. The number of unbranched alkanes of at least 4 members (excludes halogenated alkanes) is 38. The average Bonchev–Trinajstić information content (AvgIpc) is 3.62. The Balaban J connectivity index is 5.12. The third kappa shape index (κ3) is 62.8. The monoisotopic (exact) mass is 1300 g/mol. The Labute approximate surface area is 537 Å². The fourth-order valence-corrected chi connectivity index (χ4v) is 12.0. The lowest BCUT2D eigenvalue weighted by Gasteiger charge is -2.21. The van der Waals surface area contributed by atoms with E-state index in [4.69, 9.17) is 37.0 Å². The Hall–Kier alpha value is -1.94. The summed E-state index contributed by atoms with van der Waals surface area (Å²) in [6, 6.07) is 0. The molecule has 0 aromatic heterocycles. The first-order chi connectivity index (χ1) is 42.4. The first-order valence-corrected chi connectivity index (χ1v) is 39.0. The van der Waals surface area contributed by atoms with Crippen molar-refractivity contribution < 1.29 is 80.2 Å². The maximum absolute atomic E-state index is 13.0. The van der Waals surface area contributed by atoms with Crippen LogP contribution in [0, 0.1) is 11.8 Å². The number of carbonyl (C=O) groups is 4. The van der Waals surface area contributed by atoms with Gasteiger partial charge in [-0.05, 0) is 37.5 Å². The zero-order valence-corrected chi connectivity index (χ0v) is 58.8. The van der Waals surface area contributed by atoms with E-state index in [9.17, 15) is 43.2 Å². The maximum atomic E-state index is 13.0. The minimum Gasteiger partial charge on any atom is -0.462 e. The van der Waals surface area contributed by atoms with Crippen LogP contribution < -0.4 is 0 Å². The van der Waals surface area contributed by atoms with Gasteiger partial charge in [0.15, 0.2) is 12.2 Å². The van der Waals surface area contributed by atoms with Crippen molar-refractivity contribution in [3.05, 3.63) is 0 Å². The fourth-order valence-electron chi connectivity index (χ4n) is 10.4. The topological polar surface area (TPSA) is 237 Å². The second-order valence-electron chi connectivity index (χ2n) is 25.9. The summed E-state index contributed by atoms with van der Waals surface area (Å²) in [4.78, 5) is 72.2. The van der Waals surface area contributed by atoms with Crippen LogP contribution in [0.2, 0.25) is 0 Å². The number of carbonyl (C=O) groups excluding carboxylic acids is 4. The van der Waals surface area contributed by atoms with Crippen molar-refractivity contribution >= 4 is 39.5 Å². The zero-order chi connectivity index (χ0) is 65.0. The van der Waals surface area contributed by atoms with Crippen molar-refractivity contribution in [2.24, 2.45) is 11.8 Å². The Morgan fingerprint density at radius 1 is 0.307 bits per heavy atom. The first kappa shape index (κ1) is 86.1. The molecule has 0 aliphatic carbocycles. The molecule has 5 atom stereocenters. The van der Waals surface area contributed by atoms with Crippen LogP contribution in [0.25, 0.3) is 0 Å². The molecule has 17 nitrogen and oxygen atoms in total. The molecule has 88 heavy (non-hydrogen) atoms. The summed E-state index contributed by atoms with van der Waals surface area (Å²) < 4.78 is 68.0. The molecule has 0 rings (SSSR count). The second-order valence-corrected chi connectivity index (χ2v) is 28.8. The molecule has 0 heterocycles. The number of phosphoric acid groups is 2. The van der Waals surface area contributed by atoms with E-state index in [1.165, 1.54) is 154 Å². The molecule has 0 fully saturated rings. The molecule has 0 amide bonds. The third-order valence-electron chi connectivity index (χ3n) is 16.0. The predicted molar refractivity (Wildman–Crippen MR) is 354 cm³/mol. The first-order valence-electron chi connectivity index (χ1n) is 36.0. The number of rotatable bonds is 68. The molecule has 3 N–H and O–H groups in total. The van der Waals surface area contributed by atoms with E-state index < -0.39 is 97.5 Å².